The minimum Gasteiger partial charge on any atom is -0.497 e. The molecule has 0 unspecified atom stereocenters. The number of rotatable bonds is 10. The summed E-state index contributed by atoms with van der Waals surface area (Å²) in [6.07, 6.45) is 7.11. The number of hydrogen-bond donors (Lipinski definition) is 1. The van der Waals surface area contributed by atoms with Gasteiger partial charge in [0.05, 0.1) is 26.3 Å². The fourth-order valence-electron chi connectivity index (χ4n) is 4.02. The van der Waals surface area contributed by atoms with E-state index in [0.29, 0.717) is 6.42 Å². The summed E-state index contributed by atoms with van der Waals surface area (Å²) >= 11 is 1.54. The third-order valence-electron chi connectivity index (χ3n) is 5.73. The van der Waals surface area contributed by atoms with E-state index in [1.54, 1.807) is 14.2 Å². The zero-order valence-electron chi connectivity index (χ0n) is 18.2. The molecule has 1 amide bonds. The normalized spacial score (nSPS) is 14.3. The molecule has 0 spiro atoms. The van der Waals surface area contributed by atoms with Crippen molar-refractivity contribution in [2.45, 2.75) is 32.1 Å². The number of nitrogens with one attached hydrogen (secondary N) is 1. The number of fused-ring (bicyclic) bond motifs is 1. The number of ether oxygens (including phenoxy) is 2. The third-order valence-corrected chi connectivity index (χ3v) is 6.62. The molecule has 166 valence electrons. The van der Waals surface area contributed by atoms with E-state index in [9.17, 15) is 4.79 Å². The zero-order chi connectivity index (χ0) is 21.6. The number of hydrogen-bond acceptors (Lipinski definition) is 6. The molecule has 1 aliphatic rings. The van der Waals surface area contributed by atoms with Crippen LogP contribution >= 0.6 is 11.3 Å². The molecule has 4 rings (SSSR count). The topological polar surface area (TPSA) is 68.1 Å². The summed E-state index contributed by atoms with van der Waals surface area (Å²) in [6.45, 7) is 4.34. The van der Waals surface area contributed by atoms with Gasteiger partial charge in [0, 0.05) is 29.4 Å². The minimum absolute atomic E-state index is 0.0510. The molecular weight excluding hydrogens is 412 g/mol. The maximum Gasteiger partial charge on any atom is 0.225 e. The lowest BCUT2D eigenvalue weighted by atomic mass is 10.1. The number of likely N-dealkylation sites (tertiary alicyclic amines) is 1. The fourth-order valence-corrected chi connectivity index (χ4v) is 4.89. The van der Waals surface area contributed by atoms with Gasteiger partial charge >= 0.3 is 0 Å². The van der Waals surface area contributed by atoms with Crippen LogP contribution in [0.2, 0.25) is 0 Å². The van der Waals surface area contributed by atoms with Crippen molar-refractivity contribution in [1.82, 2.24) is 19.6 Å². The molecule has 0 saturated carbocycles. The van der Waals surface area contributed by atoms with Crippen LogP contribution < -0.4 is 14.8 Å². The molecule has 1 N–H and O–H groups in total. The molecule has 3 heterocycles. The van der Waals surface area contributed by atoms with Crippen LogP contribution in [0, 0.1) is 0 Å². The fraction of sp³-hybridized carbons (Fsp3) is 0.478. The van der Waals surface area contributed by atoms with Crippen LogP contribution in [-0.2, 0) is 11.2 Å². The Balaban J connectivity index is 1.36. The van der Waals surface area contributed by atoms with Crippen molar-refractivity contribution in [1.29, 1.82) is 0 Å². The smallest absolute Gasteiger partial charge is 0.225 e. The molecule has 2 aromatic heterocycles. The number of carbonyl (C=O) groups excluding carboxylic acids is 1. The summed E-state index contributed by atoms with van der Waals surface area (Å²) in [6, 6.07) is 5.65. The number of benzene rings is 1. The monoisotopic (exact) mass is 442 g/mol. The molecule has 0 aliphatic carbocycles. The van der Waals surface area contributed by atoms with Gasteiger partial charge in [0.2, 0.25) is 5.91 Å². The van der Waals surface area contributed by atoms with E-state index in [2.05, 4.69) is 10.2 Å². The van der Waals surface area contributed by atoms with E-state index >= 15 is 0 Å². The third kappa shape index (κ3) is 5.19. The number of methoxy groups -OCH3 is 2. The van der Waals surface area contributed by atoms with Gasteiger partial charge in [0.1, 0.15) is 11.5 Å². The van der Waals surface area contributed by atoms with Crippen LogP contribution in [0.15, 0.2) is 29.8 Å². The number of nitrogens with zero attached hydrogens (tertiary/aromatic N) is 3. The van der Waals surface area contributed by atoms with Crippen molar-refractivity contribution in [3.05, 3.63) is 35.5 Å². The van der Waals surface area contributed by atoms with Gasteiger partial charge in [-0.1, -0.05) is 0 Å². The van der Waals surface area contributed by atoms with E-state index in [0.717, 1.165) is 59.3 Å². The second-order valence-electron chi connectivity index (χ2n) is 7.85. The van der Waals surface area contributed by atoms with Gasteiger partial charge in [-0.2, -0.15) is 0 Å². The highest BCUT2D eigenvalue weighted by Gasteiger charge is 2.16. The molecule has 31 heavy (non-hydrogen) atoms. The molecule has 1 aromatic carbocycles. The van der Waals surface area contributed by atoms with Gasteiger partial charge in [-0.25, -0.2) is 4.98 Å². The van der Waals surface area contributed by atoms with Gasteiger partial charge in [-0.15, -0.1) is 11.3 Å². The highest BCUT2D eigenvalue weighted by molar-refractivity contribution is 7.15. The van der Waals surface area contributed by atoms with E-state index in [1.165, 1.54) is 37.3 Å². The molecule has 0 bridgehead atoms. The van der Waals surface area contributed by atoms with Gasteiger partial charge in [-0.3, -0.25) is 9.20 Å². The Hall–Kier alpha value is -2.58. The molecule has 0 atom stereocenters. The van der Waals surface area contributed by atoms with E-state index in [4.69, 9.17) is 14.5 Å². The molecule has 1 aliphatic heterocycles. The first-order valence-corrected chi connectivity index (χ1v) is 11.7. The van der Waals surface area contributed by atoms with Gasteiger partial charge in [0.15, 0.2) is 4.96 Å². The van der Waals surface area contributed by atoms with Gasteiger partial charge in [-0.05, 0) is 63.5 Å². The van der Waals surface area contributed by atoms with Crippen LogP contribution in [-0.4, -0.2) is 60.6 Å². The predicted octanol–water partition coefficient (Wildman–Crippen LogP) is 3.61. The minimum atomic E-state index is 0.0510. The number of imidazole rings is 1. The van der Waals surface area contributed by atoms with Crippen molar-refractivity contribution < 1.29 is 14.3 Å². The summed E-state index contributed by atoms with van der Waals surface area (Å²) in [7, 11) is 3.28. The van der Waals surface area contributed by atoms with Crippen LogP contribution in [0.1, 0.15) is 31.4 Å². The summed E-state index contributed by atoms with van der Waals surface area (Å²) in [5, 5.41) is 5.06. The van der Waals surface area contributed by atoms with Gasteiger partial charge < -0.3 is 19.7 Å². The SMILES string of the molecule is COc1ccc(OC)c(-c2cn3c(CC(=O)NCCCCN4CCCC4)csc3n2)c1. The van der Waals surface area contributed by atoms with E-state index in [1.807, 2.05) is 34.2 Å². The van der Waals surface area contributed by atoms with Crippen molar-refractivity contribution >= 4 is 22.2 Å². The van der Waals surface area contributed by atoms with Crippen molar-refractivity contribution in [3.63, 3.8) is 0 Å². The average Bonchev–Trinajstić information content (AvgIpc) is 3.52. The zero-order valence-corrected chi connectivity index (χ0v) is 19.0. The number of thiazole rings is 1. The summed E-state index contributed by atoms with van der Waals surface area (Å²) < 4.78 is 12.8. The van der Waals surface area contributed by atoms with Gasteiger partial charge in [0.25, 0.3) is 0 Å². The molecule has 0 radical (unpaired) electrons. The first kappa shape index (κ1) is 21.6. The highest BCUT2D eigenvalue weighted by Crippen LogP contribution is 2.34. The van der Waals surface area contributed by atoms with Crippen LogP contribution in [0.25, 0.3) is 16.2 Å². The Bertz CT molecular complexity index is 1020. The van der Waals surface area contributed by atoms with Crippen molar-refractivity contribution in [2.24, 2.45) is 0 Å². The first-order valence-electron chi connectivity index (χ1n) is 10.8. The van der Waals surface area contributed by atoms with Crippen LogP contribution in [0.3, 0.4) is 0 Å². The van der Waals surface area contributed by atoms with Crippen molar-refractivity contribution in [2.75, 3.05) is 40.4 Å². The number of aromatic nitrogens is 2. The Morgan fingerprint density at radius 2 is 2.03 bits per heavy atom. The Morgan fingerprint density at radius 1 is 1.19 bits per heavy atom. The maximum atomic E-state index is 12.4. The second-order valence-corrected chi connectivity index (χ2v) is 8.69. The summed E-state index contributed by atoms with van der Waals surface area (Å²) in [4.78, 5) is 20.5. The predicted molar refractivity (Wildman–Crippen MR) is 123 cm³/mol. The molecule has 7 nitrogen and oxygen atoms in total. The Kier molecular flexibility index (Phi) is 7.09. The molecule has 8 heteroatoms. The molecular formula is C23H30N4O3S. The van der Waals surface area contributed by atoms with Crippen LogP contribution in [0.5, 0.6) is 11.5 Å². The Labute approximate surface area is 187 Å². The highest BCUT2D eigenvalue weighted by atomic mass is 32.1. The summed E-state index contributed by atoms with van der Waals surface area (Å²) in [5.74, 6) is 1.53. The maximum absolute atomic E-state index is 12.4. The first-order chi connectivity index (χ1) is 15.2. The number of unbranched alkanes of at least 4 members (excludes halogenated alkanes) is 1. The van der Waals surface area contributed by atoms with E-state index < -0.39 is 0 Å². The molecule has 1 fully saturated rings. The average molecular weight is 443 g/mol. The van der Waals surface area contributed by atoms with Crippen molar-refractivity contribution in [3.8, 4) is 22.8 Å². The molecule has 1 saturated heterocycles. The number of amides is 1. The summed E-state index contributed by atoms with van der Waals surface area (Å²) in [5.41, 5.74) is 2.60. The standard InChI is InChI=1S/C23H30N4O3S/c1-29-18-7-8-21(30-2)19(14-18)20-15-27-17(16-31-23(27)25-20)13-22(28)24-9-3-4-10-26-11-5-6-12-26/h7-8,14-16H,3-6,9-13H2,1-2H3,(H,24,28). The quantitative estimate of drug-likeness (QED) is 0.486. The van der Waals surface area contributed by atoms with Crippen LogP contribution in [0.4, 0.5) is 0 Å². The Morgan fingerprint density at radius 3 is 2.81 bits per heavy atom. The lowest BCUT2D eigenvalue weighted by Gasteiger charge is -2.13. The largest absolute Gasteiger partial charge is 0.497 e. The number of carbonyl (C=O) groups is 1. The second kappa shape index (κ2) is 10.2. The molecule has 3 aromatic rings. The lowest BCUT2D eigenvalue weighted by Crippen LogP contribution is -2.27. The van der Waals surface area contributed by atoms with E-state index in [-0.39, 0.29) is 5.91 Å². The lowest BCUT2D eigenvalue weighted by molar-refractivity contribution is -0.120.